The highest BCUT2D eigenvalue weighted by atomic mass is 32.2. The second-order valence-electron chi connectivity index (χ2n) is 3.73. The SMILES string of the molecule is CC1C=CC(CC2(SN)CC2)=NO1. The Morgan fingerprint density at radius 1 is 1.77 bits per heavy atom. The van der Waals surface area contributed by atoms with Crippen molar-refractivity contribution in [1.82, 2.24) is 0 Å². The van der Waals surface area contributed by atoms with Gasteiger partial charge in [-0.25, -0.2) is 0 Å². The molecule has 0 amide bonds. The maximum atomic E-state index is 5.61. The second-order valence-corrected chi connectivity index (χ2v) is 4.83. The summed E-state index contributed by atoms with van der Waals surface area (Å²) in [7, 11) is 0. The molecule has 4 heteroatoms. The molecule has 13 heavy (non-hydrogen) atoms. The zero-order chi connectivity index (χ0) is 9.31. The summed E-state index contributed by atoms with van der Waals surface area (Å²) in [5, 5.41) is 9.65. The van der Waals surface area contributed by atoms with E-state index in [1.165, 1.54) is 24.8 Å². The Bertz CT molecular complexity index is 258. The van der Waals surface area contributed by atoms with Crippen molar-refractivity contribution in [2.24, 2.45) is 10.3 Å². The Labute approximate surface area is 82.5 Å². The van der Waals surface area contributed by atoms with Crippen LogP contribution in [0.4, 0.5) is 0 Å². The molecule has 2 aliphatic rings. The molecule has 3 nitrogen and oxygen atoms in total. The number of nitrogens with zero attached hydrogens (tertiary/aromatic N) is 1. The van der Waals surface area contributed by atoms with Gasteiger partial charge in [0.1, 0.15) is 6.10 Å². The summed E-state index contributed by atoms with van der Waals surface area (Å²) in [5.41, 5.74) is 1.02. The van der Waals surface area contributed by atoms with Crippen LogP contribution in [0.25, 0.3) is 0 Å². The topological polar surface area (TPSA) is 47.6 Å². The minimum absolute atomic E-state index is 0.115. The zero-order valence-corrected chi connectivity index (χ0v) is 8.51. The van der Waals surface area contributed by atoms with Crippen molar-refractivity contribution in [1.29, 1.82) is 0 Å². The van der Waals surface area contributed by atoms with Crippen molar-refractivity contribution in [3.05, 3.63) is 12.2 Å². The van der Waals surface area contributed by atoms with Crippen LogP contribution in [0.1, 0.15) is 26.2 Å². The Morgan fingerprint density at radius 2 is 2.54 bits per heavy atom. The van der Waals surface area contributed by atoms with Crippen LogP contribution >= 0.6 is 11.9 Å². The molecular weight excluding hydrogens is 184 g/mol. The van der Waals surface area contributed by atoms with E-state index in [2.05, 4.69) is 5.16 Å². The van der Waals surface area contributed by atoms with Gasteiger partial charge in [-0.3, -0.25) is 5.14 Å². The molecule has 0 aromatic heterocycles. The van der Waals surface area contributed by atoms with Crippen LogP contribution in [-0.2, 0) is 4.84 Å². The third kappa shape index (κ3) is 2.06. The van der Waals surface area contributed by atoms with E-state index in [9.17, 15) is 0 Å². The van der Waals surface area contributed by atoms with Gasteiger partial charge < -0.3 is 4.84 Å². The fraction of sp³-hybridized carbons (Fsp3) is 0.667. The van der Waals surface area contributed by atoms with E-state index in [1.807, 2.05) is 19.1 Å². The molecule has 1 atom stereocenters. The summed E-state index contributed by atoms with van der Waals surface area (Å²) in [6.45, 7) is 1.97. The fourth-order valence-electron chi connectivity index (χ4n) is 1.36. The van der Waals surface area contributed by atoms with E-state index in [0.29, 0.717) is 0 Å². The van der Waals surface area contributed by atoms with Gasteiger partial charge in [0, 0.05) is 11.2 Å². The highest BCUT2D eigenvalue weighted by Gasteiger charge is 2.43. The average Bonchev–Trinajstić information content (AvgIpc) is 2.90. The lowest BCUT2D eigenvalue weighted by Crippen LogP contribution is -2.16. The molecule has 1 aliphatic heterocycles. The third-order valence-electron chi connectivity index (χ3n) is 2.46. The number of nitrogens with two attached hydrogens (primary N) is 1. The van der Waals surface area contributed by atoms with Gasteiger partial charge in [0.25, 0.3) is 0 Å². The van der Waals surface area contributed by atoms with Crippen molar-refractivity contribution < 1.29 is 4.84 Å². The molecule has 1 aliphatic carbocycles. The monoisotopic (exact) mass is 198 g/mol. The minimum atomic E-state index is 0.115. The summed E-state index contributed by atoms with van der Waals surface area (Å²) >= 11 is 1.46. The smallest absolute Gasteiger partial charge is 0.143 e. The average molecular weight is 198 g/mol. The summed E-state index contributed by atoms with van der Waals surface area (Å²) < 4.78 is 0.271. The van der Waals surface area contributed by atoms with E-state index >= 15 is 0 Å². The molecule has 0 radical (unpaired) electrons. The van der Waals surface area contributed by atoms with Gasteiger partial charge in [0.05, 0.1) is 5.71 Å². The second kappa shape index (κ2) is 3.35. The number of hydrogen-bond acceptors (Lipinski definition) is 4. The maximum Gasteiger partial charge on any atom is 0.143 e. The van der Waals surface area contributed by atoms with Crippen molar-refractivity contribution in [2.45, 2.75) is 37.0 Å². The van der Waals surface area contributed by atoms with Gasteiger partial charge in [-0.1, -0.05) is 17.1 Å². The summed E-state index contributed by atoms with van der Waals surface area (Å²) in [5.74, 6) is 0. The number of oxime groups is 1. The lowest BCUT2D eigenvalue weighted by molar-refractivity contribution is 0.102. The standard InChI is InChI=1S/C9H14N2OS/c1-7-2-3-8(11-12-7)6-9(13-10)4-5-9/h2-3,7H,4-6,10H2,1H3. The van der Waals surface area contributed by atoms with Crippen LogP contribution in [0.15, 0.2) is 17.3 Å². The van der Waals surface area contributed by atoms with Gasteiger partial charge in [-0.15, -0.1) is 0 Å². The Kier molecular flexibility index (Phi) is 2.34. The molecule has 2 rings (SSSR count). The van der Waals surface area contributed by atoms with Gasteiger partial charge in [0.15, 0.2) is 0 Å². The minimum Gasteiger partial charge on any atom is -0.388 e. The molecule has 0 bridgehead atoms. The first-order chi connectivity index (χ1) is 6.24. The van der Waals surface area contributed by atoms with Gasteiger partial charge in [-0.05, 0) is 31.9 Å². The lowest BCUT2D eigenvalue weighted by Gasteiger charge is -2.15. The molecule has 1 saturated carbocycles. The van der Waals surface area contributed by atoms with Crippen molar-refractivity contribution in [3.8, 4) is 0 Å². The maximum absolute atomic E-state index is 5.61. The first-order valence-corrected chi connectivity index (χ1v) is 5.41. The first kappa shape index (κ1) is 9.09. The van der Waals surface area contributed by atoms with E-state index in [-0.39, 0.29) is 10.9 Å². The van der Waals surface area contributed by atoms with Crippen LogP contribution in [0, 0.1) is 0 Å². The molecule has 2 N–H and O–H groups in total. The third-order valence-corrected chi connectivity index (χ3v) is 3.51. The molecule has 1 heterocycles. The first-order valence-electron chi connectivity index (χ1n) is 4.53. The molecular formula is C9H14N2OS. The van der Waals surface area contributed by atoms with Gasteiger partial charge >= 0.3 is 0 Å². The van der Waals surface area contributed by atoms with Crippen molar-refractivity contribution in [2.75, 3.05) is 0 Å². The van der Waals surface area contributed by atoms with Crippen LogP contribution < -0.4 is 5.14 Å². The van der Waals surface area contributed by atoms with Crippen LogP contribution in [0.5, 0.6) is 0 Å². The number of allylic oxidation sites excluding steroid dienone is 1. The Balaban J connectivity index is 1.93. The highest BCUT2D eigenvalue weighted by Crippen LogP contribution is 2.49. The predicted molar refractivity (Wildman–Crippen MR) is 55.5 cm³/mol. The number of rotatable bonds is 3. The van der Waals surface area contributed by atoms with E-state index in [4.69, 9.17) is 9.98 Å². The largest absolute Gasteiger partial charge is 0.388 e. The molecule has 0 aromatic rings. The normalized spacial score (nSPS) is 29.4. The molecule has 1 fully saturated rings. The van der Waals surface area contributed by atoms with Crippen molar-refractivity contribution >= 4 is 17.7 Å². The zero-order valence-electron chi connectivity index (χ0n) is 7.69. The molecule has 72 valence electrons. The predicted octanol–water partition coefficient (Wildman–Crippen LogP) is 1.85. The molecule has 1 unspecified atom stereocenters. The summed E-state index contributed by atoms with van der Waals surface area (Å²) in [4.78, 5) is 5.16. The Morgan fingerprint density at radius 3 is 3.00 bits per heavy atom. The molecule has 0 aromatic carbocycles. The summed E-state index contributed by atoms with van der Waals surface area (Å²) in [6.07, 6.45) is 7.54. The van der Waals surface area contributed by atoms with Crippen molar-refractivity contribution in [3.63, 3.8) is 0 Å². The van der Waals surface area contributed by atoms with Crippen LogP contribution in [0.2, 0.25) is 0 Å². The highest BCUT2D eigenvalue weighted by molar-refractivity contribution is 7.98. The van der Waals surface area contributed by atoms with Crippen LogP contribution in [0.3, 0.4) is 0 Å². The van der Waals surface area contributed by atoms with E-state index in [0.717, 1.165) is 12.1 Å². The Hall–Kier alpha value is -0.480. The van der Waals surface area contributed by atoms with Crippen LogP contribution in [-0.4, -0.2) is 16.6 Å². The lowest BCUT2D eigenvalue weighted by atomic mass is 10.1. The van der Waals surface area contributed by atoms with E-state index in [1.54, 1.807) is 0 Å². The molecule has 0 saturated heterocycles. The van der Waals surface area contributed by atoms with E-state index < -0.39 is 0 Å². The van der Waals surface area contributed by atoms with Gasteiger partial charge in [0.2, 0.25) is 0 Å². The number of hydrogen-bond donors (Lipinski definition) is 1. The molecule has 0 spiro atoms. The van der Waals surface area contributed by atoms with Gasteiger partial charge in [-0.2, -0.15) is 0 Å². The summed E-state index contributed by atoms with van der Waals surface area (Å²) in [6, 6.07) is 0. The quantitative estimate of drug-likeness (QED) is 0.704. The fourth-order valence-corrected chi connectivity index (χ4v) is 1.93.